The van der Waals surface area contributed by atoms with Crippen LogP contribution in [-0.4, -0.2) is 18.0 Å². The van der Waals surface area contributed by atoms with Gasteiger partial charge < -0.3 is 0 Å². The Morgan fingerprint density at radius 1 is 0.905 bits per heavy atom. The van der Waals surface area contributed by atoms with Gasteiger partial charge in [-0.1, -0.05) is 39.0 Å². The van der Waals surface area contributed by atoms with E-state index in [1.54, 1.807) is 0 Å². The molecule has 0 amide bonds. The fraction of sp³-hybridized carbons (Fsp3) is 0.895. The average Bonchev–Trinajstić information content (AvgIpc) is 2.98. The Bertz CT molecular complexity index is 510. The zero-order valence-corrected chi connectivity index (χ0v) is 13.1. The highest BCUT2D eigenvalue weighted by Crippen LogP contribution is 2.80. The van der Waals surface area contributed by atoms with Gasteiger partial charge in [-0.15, -0.1) is 0 Å². The van der Waals surface area contributed by atoms with E-state index in [2.05, 4.69) is 6.92 Å². The molecule has 5 fully saturated rings. The minimum Gasteiger partial charge on any atom is -0.299 e. The normalized spacial score (nSPS) is 52.4. The maximum Gasteiger partial charge on any atom is 0.140 e. The third kappa shape index (κ3) is 1.40. The van der Waals surface area contributed by atoms with Crippen molar-refractivity contribution in [2.45, 2.75) is 51.9 Å². The zero-order valence-electron chi connectivity index (χ0n) is 13.1. The molecule has 5 saturated carbocycles. The Kier molecular flexibility index (Phi) is 2.71. The summed E-state index contributed by atoms with van der Waals surface area (Å²) in [4.78, 5) is 17.5. The maximum atomic E-state index is 12.5. The van der Waals surface area contributed by atoms with Crippen molar-refractivity contribution in [3.8, 4) is 0 Å². The van der Waals surface area contributed by atoms with Crippen molar-refractivity contribution in [1.29, 1.82) is 0 Å². The number of fused-ring (bicyclic) bond motifs is 2. The second-order valence-electron chi connectivity index (χ2n) is 8.30. The fourth-order valence-electron chi connectivity index (χ4n) is 7.14. The molecule has 0 heterocycles. The quantitative estimate of drug-likeness (QED) is 0.655. The molecule has 0 aromatic carbocycles. The van der Waals surface area contributed by atoms with Crippen molar-refractivity contribution in [2.75, 3.05) is 6.54 Å². The molecule has 0 radical (unpaired) electrons. The number of Topliss-reactive ketones (excluding diaryl/α,β-unsaturated/α-hetero) is 1. The number of hydrogen-bond donors (Lipinski definition) is 0. The fourth-order valence-corrected chi connectivity index (χ4v) is 7.14. The molecule has 2 nitrogen and oxygen atoms in total. The predicted octanol–water partition coefficient (Wildman–Crippen LogP) is 3.74. The minimum absolute atomic E-state index is 0.434. The number of unbranched alkanes of at least 4 members (excludes halogenated alkanes) is 5. The number of nitrogens with zero attached hydrogens (tertiary/aromatic N) is 1. The van der Waals surface area contributed by atoms with Crippen LogP contribution in [0.5, 0.6) is 0 Å². The lowest BCUT2D eigenvalue weighted by Crippen LogP contribution is -2.48. The summed E-state index contributed by atoms with van der Waals surface area (Å²) in [6.07, 6.45) is 9.46. The Labute approximate surface area is 127 Å². The van der Waals surface area contributed by atoms with Crippen molar-refractivity contribution in [2.24, 2.45) is 52.3 Å². The highest BCUT2D eigenvalue weighted by molar-refractivity contribution is 6.08. The van der Waals surface area contributed by atoms with E-state index >= 15 is 0 Å². The first-order valence-corrected chi connectivity index (χ1v) is 9.42. The lowest BCUT2D eigenvalue weighted by atomic mass is 9.59. The number of aliphatic imine (C=N–C) groups is 1. The molecule has 2 bridgehead atoms. The van der Waals surface area contributed by atoms with E-state index in [1.165, 1.54) is 50.7 Å². The molecule has 8 atom stereocenters. The highest BCUT2D eigenvalue weighted by atomic mass is 16.1. The van der Waals surface area contributed by atoms with Gasteiger partial charge in [-0.05, 0) is 36.5 Å². The van der Waals surface area contributed by atoms with Gasteiger partial charge in [0.05, 0.1) is 0 Å². The first-order valence-electron chi connectivity index (χ1n) is 9.42. The molecule has 114 valence electrons. The van der Waals surface area contributed by atoms with Gasteiger partial charge in [-0.25, -0.2) is 0 Å². The molecule has 0 saturated heterocycles. The van der Waals surface area contributed by atoms with Crippen LogP contribution in [0.1, 0.15) is 51.9 Å². The van der Waals surface area contributed by atoms with Crippen molar-refractivity contribution in [3.05, 3.63) is 0 Å². The van der Waals surface area contributed by atoms with Crippen molar-refractivity contribution < 1.29 is 4.79 Å². The molecule has 0 spiro atoms. The van der Waals surface area contributed by atoms with Crippen LogP contribution in [0.25, 0.3) is 0 Å². The molecule has 5 rings (SSSR count). The molecule has 0 aliphatic heterocycles. The Hall–Kier alpha value is -0.660. The first kappa shape index (κ1) is 12.8. The lowest BCUT2D eigenvalue weighted by Gasteiger charge is -2.43. The van der Waals surface area contributed by atoms with Crippen molar-refractivity contribution in [3.63, 3.8) is 0 Å². The van der Waals surface area contributed by atoms with Crippen LogP contribution < -0.4 is 0 Å². The van der Waals surface area contributed by atoms with E-state index in [0.717, 1.165) is 30.2 Å². The van der Waals surface area contributed by atoms with Crippen LogP contribution in [0.4, 0.5) is 0 Å². The van der Waals surface area contributed by atoms with Crippen LogP contribution in [0.2, 0.25) is 0 Å². The third-order valence-electron chi connectivity index (χ3n) is 7.65. The van der Waals surface area contributed by atoms with Gasteiger partial charge in [0.15, 0.2) is 0 Å². The summed E-state index contributed by atoms with van der Waals surface area (Å²) < 4.78 is 0. The first-order chi connectivity index (χ1) is 10.3. The standard InChI is InChI=1S/C19H27NO/c1-2-3-4-5-6-7-8-20-18-14-10-9-11-13-12(10)16(18)17(13)19(21)15(11)14/h10-17H,2-9H2,1H3/t10-,11+,12-,13+,14+,15-,16+,17+/m0/s1. The molecular formula is C19H27NO. The molecule has 21 heavy (non-hydrogen) atoms. The topological polar surface area (TPSA) is 29.4 Å². The lowest BCUT2D eigenvalue weighted by molar-refractivity contribution is -0.129. The van der Waals surface area contributed by atoms with Gasteiger partial charge in [0, 0.05) is 35.9 Å². The largest absolute Gasteiger partial charge is 0.299 e. The van der Waals surface area contributed by atoms with Crippen molar-refractivity contribution >= 4 is 11.5 Å². The summed E-state index contributed by atoms with van der Waals surface area (Å²) in [5.74, 6) is 6.16. The predicted molar refractivity (Wildman–Crippen MR) is 83.2 cm³/mol. The minimum atomic E-state index is 0.434. The van der Waals surface area contributed by atoms with Crippen molar-refractivity contribution in [1.82, 2.24) is 0 Å². The van der Waals surface area contributed by atoms with Gasteiger partial charge in [0.2, 0.25) is 0 Å². The summed E-state index contributed by atoms with van der Waals surface area (Å²) in [7, 11) is 0. The second kappa shape index (κ2) is 4.43. The van der Waals surface area contributed by atoms with E-state index in [4.69, 9.17) is 4.99 Å². The zero-order chi connectivity index (χ0) is 14.1. The SMILES string of the molecule is CCCCCCCCN=C1[C@@H]2[C@H]3C[C@H]4[C@@H]2C(=O)[C@H]2[C@H]1[C@@H]3[C@@H]42. The Balaban J connectivity index is 1.23. The molecule has 0 unspecified atom stereocenters. The Morgan fingerprint density at radius 3 is 2.48 bits per heavy atom. The van der Waals surface area contributed by atoms with Gasteiger partial charge >= 0.3 is 0 Å². The van der Waals surface area contributed by atoms with E-state index in [0.29, 0.717) is 29.5 Å². The van der Waals surface area contributed by atoms with E-state index in [9.17, 15) is 4.79 Å². The average molecular weight is 285 g/mol. The summed E-state index contributed by atoms with van der Waals surface area (Å²) in [5.41, 5.74) is 1.53. The van der Waals surface area contributed by atoms with Gasteiger partial charge in [-0.2, -0.15) is 0 Å². The summed E-state index contributed by atoms with van der Waals surface area (Å²) in [6, 6.07) is 0. The highest BCUT2D eigenvalue weighted by Gasteiger charge is 2.82. The Morgan fingerprint density at radius 2 is 1.62 bits per heavy atom. The van der Waals surface area contributed by atoms with Gasteiger partial charge in [0.25, 0.3) is 0 Å². The molecule has 2 heteroatoms. The molecular weight excluding hydrogens is 258 g/mol. The summed E-state index contributed by atoms with van der Waals surface area (Å²) >= 11 is 0. The number of rotatable bonds is 7. The monoisotopic (exact) mass is 285 g/mol. The number of ketones is 1. The van der Waals surface area contributed by atoms with Crippen LogP contribution in [0, 0.1) is 47.3 Å². The van der Waals surface area contributed by atoms with E-state index in [1.807, 2.05) is 0 Å². The van der Waals surface area contributed by atoms with E-state index < -0.39 is 0 Å². The van der Waals surface area contributed by atoms with Crippen LogP contribution >= 0.6 is 0 Å². The second-order valence-corrected chi connectivity index (χ2v) is 8.30. The molecule has 0 aromatic heterocycles. The third-order valence-corrected chi connectivity index (χ3v) is 7.65. The van der Waals surface area contributed by atoms with Gasteiger partial charge in [0.1, 0.15) is 5.78 Å². The summed E-state index contributed by atoms with van der Waals surface area (Å²) in [6.45, 7) is 3.31. The van der Waals surface area contributed by atoms with Gasteiger partial charge in [-0.3, -0.25) is 9.79 Å². The maximum absolute atomic E-state index is 12.5. The number of carbonyl (C=O) groups is 1. The molecule has 0 aromatic rings. The smallest absolute Gasteiger partial charge is 0.140 e. The molecule has 5 aliphatic rings. The van der Waals surface area contributed by atoms with Crippen LogP contribution in [0.3, 0.4) is 0 Å². The van der Waals surface area contributed by atoms with Crippen LogP contribution in [0.15, 0.2) is 4.99 Å². The van der Waals surface area contributed by atoms with Crippen LogP contribution in [-0.2, 0) is 4.79 Å². The number of carbonyl (C=O) groups excluding carboxylic acids is 1. The molecule has 5 aliphatic carbocycles. The summed E-state index contributed by atoms with van der Waals surface area (Å²) in [5, 5.41) is 0. The number of hydrogen-bond acceptors (Lipinski definition) is 2. The van der Waals surface area contributed by atoms with E-state index in [-0.39, 0.29) is 0 Å². The molecule has 0 N–H and O–H groups in total.